The zero-order chi connectivity index (χ0) is 19.2. The lowest BCUT2D eigenvalue weighted by molar-refractivity contribution is -0.134. The number of carbonyl (C=O) groups excluding carboxylic acids is 3. The van der Waals surface area contributed by atoms with Crippen molar-refractivity contribution in [1.82, 2.24) is 10.2 Å². The molecule has 1 aromatic heterocycles. The Morgan fingerprint density at radius 2 is 2.11 bits per heavy atom. The summed E-state index contributed by atoms with van der Waals surface area (Å²) in [6.45, 7) is -0.582. The molecule has 4 rings (SSSR count). The number of carbonyl (C=O) groups is 3. The Balaban J connectivity index is 1.54. The molecule has 1 aromatic carbocycles. The van der Waals surface area contributed by atoms with Crippen LogP contribution in [0.2, 0.25) is 0 Å². The number of urea groups is 1. The molecule has 1 spiro atoms. The highest BCUT2D eigenvalue weighted by atomic mass is 32.1. The van der Waals surface area contributed by atoms with Crippen LogP contribution in [-0.2, 0) is 21.5 Å². The van der Waals surface area contributed by atoms with Crippen LogP contribution in [0.25, 0.3) is 0 Å². The van der Waals surface area contributed by atoms with E-state index in [1.807, 2.05) is 11.4 Å². The molecular weight excluding hydrogens is 376 g/mol. The Labute approximate surface area is 157 Å². The molecule has 6 nitrogen and oxygen atoms in total. The summed E-state index contributed by atoms with van der Waals surface area (Å²) in [4.78, 5) is 39.5. The van der Waals surface area contributed by atoms with E-state index in [0.29, 0.717) is 6.42 Å². The van der Waals surface area contributed by atoms with E-state index in [-0.39, 0.29) is 5.69 Å². The van der Waals surface area contributed by atoms with Gasteiger partial charge in [0, 0.05) is 16.5 Å². The van der Waals surface area contributed by atoms with Crippen LogP contribution in [0.4, 0.5) is 19.3 Å². The van der Waals surface area contributed by atoms with Gasteiger partial charge >= 0.3 is 6.03 Å². The number of imide groups is 1. The van der Waals surface area contributed by atoms with Gasteiger partial charge in [-0.05, 0) is 42.8 Å². The molecule has 2 aliphatic rings. The van der Waals surface area contributed by atoms with Crippen molar-refractivity contribution in [3.05, 3.63) is 51.7 Å². The first kappa shape index (κ1) is 17.6. The molecule has 140 valence electrons. The van der Waals surface area contributed by atoms with E-state index in [9.17, 15) is 23.2 Å². The number of fused-ring (bicyclic) bond motifs is 2. The number of benzene rings is 1. The number of thiophene rings is 1. The Morgan fingerprint density at radius 1 is 1.30 bits per heavy atom. The first-order valence-electron chi connectivity index (χ1n) is 8.36. The minimum absolute atomic E-state index is 0.348. The van der Waals surface area contributed by atoms with Crippen molar-refractivity contribution in [2.24, 2.45) is 0 Å². The van der Waals surface area contributed by atoms with Crippen LogP contribution in [0.5, 0.6) is 0 Å². The molecule has 2 N–H and O–H groups in total. The minimum Gasteiger partial charge on any atom is -0.322 e. The molecule has 1 aliphatic carbocycles. The number of aryl methyl sites for hydroxylation is 1. The summed E-state index contributed by atoms with van der Waals surface area (Å²) in [5, 5.41) is 6.80. The van der Waals surface area contributed by atoms with Crippen molar-refractivity contribution in [2.75, 3.05) is 11.9 Å². The summed E-state index contributed by atoms with van der Waals surface area (Å²) in [6.07, 6.45) is 2.04. The minimum atomic E-state index is -1.14. The number of rotatable bonds is 3. The SMILES string of the molecule is O=C(CN1C(=O)N[C@]2(CCCc3sccc32)C1=O)Nc1cc(F)ccc1F. The molecule has 27 heavy (non-hydrogen) atoms. The van der Waals surface area contributed by atoms with Gasteiger partial charge in [0.05, 0.1) is 5.69 Å². The lowest BCUT2D eigenvalue weighted by Gasteiger charge is -2.31. The third-order valence-electron chi connectivity index (χ3n) is 4.84. The van der Waals surface area contributed by atoms with E-state index in [1.54, 1.807) is 0 Å². The molecule has 2 heterocycles. The second-order valence-electron chi connectivity index (χ2n) is 6.51. The first-order chi connectivity index (χ1) is 12.9. The van der Waals surface area contributed by atoms with Gasteiger partial charge in [-0.25, -0.2) is 13.6 Å². The topological polar surface area (TPSA) is 78.5 Å². The first-order valence-corrected chi connectivity index (χ1v) is 9.24. The molecule has 1 aliphatic heterocycles. The van der Waals surface area contributed by atoms with Gasteiger partial charge in [-0.2, -0.15) is 0 Å². The van der Waals surface area contributed by atoms with E-state index in [2.05, 4.69) is 10.6 Å². The number of hydrogen-bond donors (Lipinski definition) is 2. The number of nitrogens with one attached hydrogen (secondary N) is 2. The second kappa shape index (κ2) is 6.41. The summed E-state index contributed by atoms with van der Waals surface area (Å²) in [6, 6.07) is 3.79. The maximum atomic E-state index is 13.7. The van der Waals surface area contributed by atoms with Crippen LogP contribution >= 0.6 is 11.3 Å². The van der Waals surface area contributed by atoms with Gasteiger partial charge in [0.2, 0.25) is 5.91 Å². The van der Waals surface area contributed by atoms with Crippen molar-refractivity contribution in [2.45, 2.75) is 24.8 Å². The second-order valence-corrected chi connectivity index (χ2v) is 7.51. The summed E-state index contributed by atoms with van der Waals surface area (Å²) < 4.78 is 26.9. The number of halogens is 2. The number of nitrogens with zero attached hydrogens (tertiary/aromatic N) is 1. The summed E-state index contributed by atoms with van der Waals surface area (Å²) in [7, 11) is 0. The fourth-order valence-electron chi connectivity index (χ4n) is 3.61. The Hall–Kier alpha value is -2.81. The summed E-state index contributed by atoms with van der Waals surface area (Å²) in [5.41, 5.74) is -0.717. The zero-order valence-corrected chi connectivity index (χ0v) is 14.9. The third kappa shape index (κ3) is 2.87. The van der Waals surface area contributed by atoms with Crippen molar-refractivity contribution >= 4 is 34.9 Å². The van der Waals surface area contributed by atoms with Crippen LogP contribution in [0, 0.1) is 11.6 Å². The van der Waals surface area contributed by atoms with Crippen molar-refractivity contribution in [1.29, 1.82) is 0 Å². The fourth-order valence-corrected chi connectivity index (χ4v) is 4.61. The van der Waals surface area contributed by atoms with E-state index in [4.69, 9.17) is 0 Å². The predicted octanol–water partition coefficient (Wildman–Crippen LogP) is 2.75. The van der Waals surface area contributed by atoms with Crippen molar-refractivity contribution in [3.63, 3.8) is 0 Å². The third-order valence-corrected chi connectivity index (χ3v) is 5.82. The van der Waals surface area contributed by atoms with Crippen molar-refractivity contribution in [3.8, 4) is 0 Å². The summed E-state index contributed by atoms with van der Waals surface area (Å²) >= 11 is 1.53. The molecule has 1 fully saturated rings. The smallest absolute Gasteiger partial charge is 0.322 e. The van der Waals surface area contributed by atoms with Crippen LogP contribution in [0.3, 0.4) is 0 Å². The van der Waals surface area contributed by atoms with Gasteiger partial charge < -0.3 is 10.6 Å². The maximum absolute atomic E-state index is 13.7. The van der Waals surface area contributed by atoms with Crippen molar-refractivity contribution < 1.29 is 23.2 Å². The van der Waals surface area contributed by atoms with E-state index < -0.39 is 41.6 Å². The van der Waals surface area contributed by atoms with Crippen LogP contribution in [-0.4, -0.2) is 29.3 Å². The highest BCUT2D eigenvalue weighted by molar-refractivity contribution is 7.10. The van der Waals surface area contributed by atoms with Crippen LogP contribution in [0.15, 0.2) is 29.6 Å². The monoisotopic (exact) mass is 391 g/mol. The fraction of sp³-hybridized carbons (Fsp3) is 0.278. The van der Waals surface area contributed by atoms with Crippen LogP contribution < -0.4 is 10.6 Å². The average molecular weight is 391 g/mol. The number of hydrogen-bond acceptors (Lipinski definition) is 4. The molecular formula is C18H15F2N3O3S. The number of anilines is 1. The van der Waals surface area contributed by atoms with Gasteiger partial charge in [-0.3, -0.25) is 14.5 Å². The molecule has 9 heteroatoms. The molecule has 0 unspecified atom stereocenters. The predicted molar refractivity (Wildman–Crippen MR) is 94.2 cm³/mol. The van der Waals surface area contributed by atoms with E-state index in [1.165, 1.54) is 11.3 Å². The molecule has 4 amide bonds. The Morgan fingerprint density at radius 3 is 2.93 bits per heavy atom. The summed E-state index contributed by atoms with van der Waals surface area (Å²) in [5.74, 6) is -2.82. The maximum Gasteiger partial charge on any atom is 0.325 e. The standard InChI is InChI=1S/C18H15F2N3O3S/c19-10-3-4-12(20)13(8-10)21-15(24)9-23-16(25)18(22-17(23)26)6-1-2-14-11(18)5-7-27-14/h3-5,7-8H,1-2,6,9H2,(H,21,24)(H,22,26)/t18-/m0/s1. The quantitative estimate of drug-likeness (QED) is 0.790. The van der Waals surface area contributed by atoms with E-state index >= 15 is 0 Å². The zero-order valence-electron chi connectivity index (χ0n) is 14.1. The molecule has 2 aromatic rings. The molecule has 0 radical (unpaired) electrons. The lowest BCUT2D eigenvalue weighted by atomic mass is 9.80. The average Bonchev–Trinajstić information content (AvgIpc) is 3.19. The molecule has 0 saturated carbocycles. The Bertz CT molecular complexity index is 961. The molecule has 1 atom stereocenters. The molecule has 0 bridgehead atoms. The molecule has 1 saturated heterocycles. The van der Waals surface area contributed by atoms with Gasteiger partial charge in [-0.1, -0.05) is 0 Å². The highest BCUT2D eigenvalue weighted by Crippen LogP contribution is 2.42. The van der Waals surface area contributed by atoms with Gasteiger partial charge in [-0.15, -0.1) is 11.3 Å². The Kier molecular flexibility index (Phi) is 4.18. The normalized spacial score (nSPS) is 21.3. The van der Waals surface area contributed by atoms with Gasteiger partial charge in [0.25, 0.3) is 5.91 Å². The van der Waals surface area contributed by atoms with E-state index in [0.717, 1.165) is 46.4 Å². The highest BCUT2D eigenvalue weighted by Gasteiger charge is 2.54. The largest absolute Gasteiger partial charge is 0.325 e. The lowest BCUT2D eigenvalue weighted by Crippen LogP contribution is -2.46. The number of amides is 4. The van der Waals surface area contributed by atoms with Crippen LogP contribution in [0.1, 0.15) is 23.3 Å². The van der Waals surface area contributed by atoms with Gasteiger partial charge in [0.1, 0.15) is 23.7 Å². The van der Waals surface area contributed by atoms with Gasteiger partial charge in [0.15, 0.2) is 0 Å².